The molecule has 1 aromatic rings. The molecule has 0 radical (unpaired) electrons. The molecule has 0 spiro atoms. The average Bonchev–Trinajstić information content (AvgIpc) is 3.16. The molecule has 1 aliphatic carbocycles. The van der Waals surface area contributed by atoms with Crippen LogP contribution < -0.4 is 15.4 Å². The summed E-state index contributed by atoms with van der Waals surface area (Å²) in [7, 11) is 3.58. The predicted molar refractivity (Wildman–Crippen MR) is 108 cm³/mol. The van der Waals surface area contributed by atoms with Gasteiger partial charge in [-0.1, -0.05) is 12.8 Å². The number of aliphatic imine (C=N–C) groups is 1. The van der Waals surface area contributed by atoms with Crippen molar-refractivity contribution in [1.29, 1.82) is 0 Å². The lowest BCUT2D eigenvalue weighted by Crippen LogP contribution is -2.43. The molecule has 5 nitrogen and oxygen atoms in total. The Hall–Kier alpha value is -1.82. The van der Waals surface area contributed by atoms with Gasteiger partial charge in [0.1, 0.15) is 11.6 Å². The number of rotatable bonds is 11. The number of hydrogen-bond acceptors (Lipinski definition) is 3. The Bertz CT molecular complexity index is 557. The van der Waals surface area contributed by atoms with Crippen LogP contribution in [0, 0.1) is 11.2 Å². The van der Waals surface area contributed by atoms with E-state index in [1.807, 2.05) is 7.05 Å². The largest absolute Gasteiger partial charge is 0.494 e. The maximum atomic E-state index is 12.8. The standard InChI is InChI=1S/C21H34FN3O2/c1-23-20(25-17-21(13-16-26-2)11-3-4-12-21)24-14-5-6-15-27-19-9-7-18(22)8-10-19/h7-10H,3-6,11-17H2,1-2H3,(H2,23,24,25). The highest BCUT2D eigenvalue weighted by molar-refractivity contribution is 5.79. The van der Waals surface area contributed by atoms with Gasteiger partial charge in [0.05, 0.1) is 6.61 Å². The lowest BCUT2D eigenvalue weighted by Gasteiger charge is -2.30. The van der Waals surface area contributed by atoms with Gasteiger partial charge in [-0.05, 0) is 61.8 Å². The highest BCUT2D eigenvalue weighted by Crippen LogP contribution is 2.40. The molecule has 2 N–H and O–H groups in total. The zero-order valence-corrected chi connectivity index (χ0v) is 16.7. The summed E-state index contributed by atoms with van der Waals surface area (Å²) in [5.74, 6) is 1.32. The molecule has 1 saturated carbocycles. The third-order valence-corrected chi connectivity index (χ3v) is 5.30. The topological polar surface area (TPSA) is 54.9 Å². The maximum Gasteiger partial charge on any atom is 0.190 e. The molecule has 1 aromatic carbocycles. The molecular weight excluding hydrogens is 345 g/mol. The zero-order valence-electron chi connectivity index (χ0n) is 16.7. The van der Waals surface area contributed by atoms with Gasteiger partial charge in [-0.2, -0.15) is 0 Å². The molecule has 0 aromatic heterocycles. The second-order valence-corrected chi connectivity index (χ2v) is 7.31. The van der Waals surface area contributed by atoms with E-state index in [1.165, 1.54) is 37.8 Å². The van der Waals surface area contributed by atoms with Gasteiger partial charge in [0, 0.05) is 33.9 Å². The first-order valence-electron chi connectivity index (χ1n) is 9.99. The van der Waals surface area contributed by atoms with Crippen LogP contribution >= 0.6 is 0 Å². The second kappa shape index (κ2) is 11.8. The van der Waals surface area contributed by atoms with E-state index < -0.39 is 0 Å². The van der Waals surface area contributed by atoms with Gasteiger partial charge in [0.25, 0.3) is 0 Å². The van der Waals surface area contributed by atoms with Crippen LogP contribution in [-0.2, 0) is 4.74 Å². The smallest absolute Gasteiger partial charge is 0.190 e. The number of nitrogens with one attached hydrogen (secondary N) is 2. The molecule has 0 saturated heterocycles. The van der Waals surface area contributed by atoms with Gasteiger partial charge in [0.15, 0.2) is 5.96 Å². The number of benzene rings is 1. The van der Waals surface area contributed by atoms with Gasteiger partial charge in [-0.25, -0.2) is 4.39 Å². The molecule has 1 fully saturated rings. The predicted octanol–water partition coefficient (Wildman–Crippen LogP) is 3.75. The quantitative estimate of drug-likeness (QED) is 0.349. The highest BCUT2D eigenvalue weighted by Gasteiger charge is 2.33. The van der Waals surface area contributed by atoms with Gasteiger partial charge in [0.2, 0.25) is 0 Å². The van der Waals surface area contributed by atoms with Gasteiger partial charge in [-0.15, -0.1) is 0 Å². The summed E-state index contributed by atoms with van der Waals surface area (Å²) in [5.41, 5.74) is 0.344. The van der Waals surface area contributed by atoms with Crippen molar-refractivity contribution in [3.8, 4) is 5.75 Å². The summed E-state index contributed by atoms with van der Waals surface area (Å²) in [6.45, 7) is 3.24. The van der Waals surface area contributed by atoms with Crippen LogP contribution in [0.25, 0.3) is 0 Å². The van der Waals surface area contributed by atoms with E-state index in [0.717, 1.165) is 44.9 Å². The normalized spacial score (nSPS) is 16.3. The average molecular weight is 380 g/mol. The second-order valence-electron chi connectivity index (χ2n) is 7.31. The van der Waals surface area contributed by atoms with Gasteiger partial charge >= 0.3 is 0 Å². The number of unbranched alkanes of at least 4 members (excludes halogenated alkanes) is 1. The number of guanidine groups is 1. The van der Waals surface area contributed by atoms with Crippen molar-refractivity contribution >= 4 is 5.96 Å². The molecule has 6 heteroatoms. The SMILES string of the molecule is CN=C(NCCCCOc1ccc(F)cc1)NCC1(CCOC)CCCC1. The van der Waals surface area contributed by atoms with E-state index in [1.54, 1.807) is 19.2 Å². The van der Waals surface area contributed by atoms with E-state index >= 15 is 0 Å². The highest BCUT2D eigenvalue weighted by atomic mass is 19.1. The summed E-state index contributed by atoms with van der Waals surface area (Å²) < 4.78 is 23.8. The van der Waals surface area contributed by atoms with Crippen molar-refractivity contribution in [2.24, 2.45) is 10.4 Å². The van der Waals surface area contributed by atoms with E-state index in [0.29, 0.717) is 17.8 Å². The van der Waals surface area contributed by atoms with Crippen LogP contribution in [-0.4, -0.2) is 46.4 Å². The lowest BCUT2D eigenvalue weighted by atomic mass is 9.83. The third-order valence-electron chi connectivity index (χ3n) is 5.30. The third kappa shape index (κ3) is 7.75. The van der Waals surface area contributed by atoms with Crippen molar-refractivity contribution in [2.45, 2.75) is 44.9 Å². The maximum absolute atomic E-state index is 12.8. The number of methoxy groups -OCH3 is 1. The van der Waals surface area contributed by atoms with Crippen LogP contribution in [0.1, 0.15) is 44.9 Å². The monoisotopic (exact) mass is 379 g/mol. The summed E-state index contributed by atoms with van der Waals surface area (Å²) in [4.78, 5) is 4.33. The fourth-order valence-electron chi connectivity index (χ4n) is 3.61. The summed E-state index contributed by atoms with van der Waals surface area (Å²) in [6.07, 6.45) is 8.17. The van der Waals surface area contributed by atoms with Crippen LogP contribution in [0.15, 0.2) is 29.3 Å². The molecule has 152 valence electrons. The van der Waals surface area contributed by atoms with Crippen molar-refractivity contribution in [1.82, 2.24) is 10.6 Å². The summed E-state index contributed by atoms with van der Waals surface area (Å²) in [5, 5.41) is 6.88. The fourth-order valence-corrected chi connectivity index (χ4v) is 3.61. The Kier molecular flexibility index (Phi) is 9.39. The molecule has 1 aliphatic rings. The minimum atomic E-state index is -0.243. The molecule has 0 bridgehead atoms. The first-order valence-corrected chi connectivity index (χ1v) is 9.99. The van der Waals surface area contributed by atoms with E-state index in [4.69, 9.17) is 9.47 Å². The molecule has 27 heavy (non-hydrogen) atoms. The van der Waals surface area contributed by atoms with E-state index in [9.17, 15) is 4.39 Å². The fraction of sp³-hybridized carbons (Fsp3) is 0.667. The number of nitrogens with zero attached hydrogens (tertiary/aromatic N) is 1. The molecule has 0 unspecified atom stereocenters. The Morgan fingerprint density at radius 3 is 2.52 bits per heavy atom. The van der Waals surface area contributed by atoms with Crippen molar-refractivity contribution in [3.63, 3.8) is 0 Å². The van der Waals surface area contributed by atoms with Crippen LogP contribution in [0.5, 0.6) is 5.75 Å². The molecular formula is C21H34FN3O2. The van der Waals surface area contributed by atoms with Gasteiger partial charge in [-0.3, -0.25) is 4.99 Å². The van der Waals surface area contributed by atoms with Crippen molar-refractivity contribution < 1.29 is 13.9 Å². The molecule has 2 rings (SSSR count). The van der Waals surface area contributed by atoms with Crippen molar-refractivity contribution in [3.05, 3.63) is 30.1 Å². The minimum Gasteiger partial charge on any atom is -0.494 e. The van der Waals surface area contributed by atoms with Crippen LogP contribution in [0.4, 0.5) is 4.39 Å². The Labute approximate surface area is 162 Å². The Morgan fingerprint density at radius 1 is 1.11 bits per heavy atom. The number of ether oxygens (including phenoxy) is 2. The lowest BCUT2D eigenvalue weighted by molar-refractivity contribution is 0.138. The molecule has 0 amide bonds. The first-order chi connectivity index (χ1) is 13.2. The Morgan fingerprint density at radius 2 is 1.85 bits per heavy atom. The Balaban J connectivity index is 1.60. The summed E-state index contributed by atoms with van der Waals surface area (Å²) in [6, 6.07) is 6.14. The molecule has 0 heterocycles. The first kappa shape index (κ1) is 21.5. The van der Waals surface area contributed by atoms with E-state index in [-0.39, 0.29) is 5.82 Å². The van der Waals surface area contributed by atoms with Crippen LogP contribution in [0.2, 0.25) is 0 Å². The minimum absolute atomic E-state index is 0.243. The number of hydrogen-bond donors (Lipinski definition) is 2. The molecule has 0 aliphatic heterocycles. The van der Waals surface area contributed by atoms with Crippen LogP contribution in [0.3, 0.4) is 0 Å². The van der Waals surface area contributed by atoms with Crippen molar-refractivity contribution in [2.75, 3.05) is 40.5 Å². The summed E-state index contributed by atoms with van der Waals surface area (Å²) >= 11 is 0. The van der Waals surface area contributed by atoms with Gasteiger partial charge < -0.3 is 20.1 Å². The van der Waals surface area contributed by atoms with E-state index in [2.05, 4.69) is 15.6 Å². The molecule has 0 atom stereocenters. The zero-order chi connectivity index (χ0) is 19.4. The number of halogens is 1.